The highest BCUT2D eigenvalue weighted by Crippen LogP contribution is 2.30. The van der Waals surface area contributed by atoms with Gasteiger partial charge in [-0.05, 0) is 24.3 Å². The van der Waals surface area contributed by atoms with E-state index in [4.69, 9.17) is 0 Å². The second-order valence-corrected chi connectivity index (χ2v) is 8.56. The standard InChI is InChI=1S/C15H19N3OS3/c1-4-10(3)21-15-18-17-14(22-15)16-13(19)11-8-6-7-9-12(11)20-5-2/h6-10H,4-5H2,1-3H3,(H,16,17,19). The number of carbonyl (C=O) groups excluding carboxylic acids is 1. The third kappa shape index (κ3) is 4.72. The van der Waals surface area contributed by atoms with Crippen LogP contribution in [0.25, 0.3) is 0 Å². The Labute approximate surface area is 143 Å². The van der Waals surface area contributed by atoms with Crippen LogP contribution in [0.3, 0.4) is 0 Å². The Morgan fingerprint density at radius 1 is 1.32 bits per heavy atom. The Kier molecular flexibility index (Phi) is 6.72. The minimum Gasteiger partial charge on any atom is -0.296 e. The lowest BCUT2D eigenvalue weighted by Gasteiger charge is -2.07. The number of thioether (sulfide) groups is 2. The van der Waals surface area contributed by atoms with Gasteiger partial charge in [0.1, 0.15) is 0 Å². The van der Waals surface area contributed by atoms with Gasteiger partial charge in [-0.2, -0.15) is 0 Å². The lowest BCUT2D eigenvalue weighted by atomic mass is 10.2. The fraction of sp³-hybridized carbons (Fsp3) is 0.400. The van der Waals surface area contributed by atoms with Crippen LogP contribution in [0.2, 0.25) is 0 Å². The van der Waals surface area contributed by atoms with Crippen molar-refractivity contribution in [2.24, 2.45) is 0 Å². The Morgan fingerprint density at radius 2 is 2.09 bits per heavy atom. The van der Waals surface area contributed by atoms with Gasteiger partial charge in [0.2, 0.25) is 5.13 Å². The molecule has 7 heteroatoms. The van der Waals surface area contributed by atoms with E-state index in [0.29, 0.717) is 15.9 Å². The zero-order chi connectivity index (χ0) is 15.9. The van der Waals surface area contributed by atoms with Gasteiger partial charge < -0.3 is 0 Å². The first kappa shape index (κ1) is 17.3. The van der Waals surface area contributed by atoms with Gasteiger partial charge in [0.25, 0.3) is 5.91 Å². The van der Waals surface area contributed by atoms with Crippen LogP contribution in [0.1, 0.15) is 37.6 Å². The second-order valence-electron chi connectivity index (χ2n) is 4.59. The van der Waals surface area contributed by atoms with E-state index in [2.05, 4.69) is 36.3 Å². The average Bonchev–Trinajstić information content (AvgIpc) is 2.95. The first-order valence-corrected chi connectivity index (χ1v) is 9.85. The number of hydrogen-bond donors (Lipinski definition) is 1. The second kappa shape index (κ2) is 8.55. The quantitative estimate of drug-likeness (QED) is 0.573. The minimum atomic E-state index is -0.132. The fourth-order valence-corrected chi connectivity index (χ4v) is 4.46. The zero-order valence-corrected chi connectivity index (χ0v) is 15.3. The summed E-state index contributed by atoms with van der Waals surface area (Å²) in [6, 6.07) is 7.62. The van der Waals surface area contributed by atoms with Crippen LogP contribution in [-0.2, 0) is 0 Å². The van der Waals surface area contributed by atoms with Crippen LogP contribution >= 0.6 is 34.9 Å². The van der Waals surface area contributed by atoms with Crippen LogP contribution in [0.4, 0.5) is 5.13 Å². The van der Waals surface area contributed by atoms with Crippen molar-refractivity contribution < 1.29 is 4.79 Å². The number of nitrogens with zero attached hydrogens (tertiary/aromatic N) is 2. The first-order valence-electron chi connectivity index (χ1n) is 7.17. The highest BCUT2D eigenvalue weighted by molar-refractivity contribution is 8.01. The van der Waals surface area contributed by atoms with E-state index < -0.39 is 0 Å². The molecule has 2 aromatic rings. The van der Waals surface area contributed by atoms with E-state index in [1.807, 2.05) is 24.3 Å². The van der Waals surface area contributed by atoms with E-state index in [-0.39, 0.29) is 5.91 Å². The molecule has 118 valence electrons. The number of aromatic nitrogens is 2. The van der Waals surface area contributed by atoms with Crippen LogP contribution in [0, 0.1) is 0 Å². The van der Waals surface area contributed by atoms with Gasteiger partial charge in [0.05, 0.1) is 5.56 Å². The molecule has 0 aliphatic carbocycles. The smallest absolute Gasteiger partial charge is 0.258 e. The van der Waals surface area contributed by atoms with E-state index in [1.54, 1.807) is 23.5 Å². The lowest BCUT2D eigenvalue weighted by molar-refractivity contribution is 0.102. The van der Waals surface area contributed by atoms with Gasteiger partial charge in [-0.25, -0.2) is 0 Å². The number of hydrogen-bond acceptors (Lipinski definition) is 6. The summed E-state index contributed by atoms with van der Waals surface area (Å²) in [5, 5.41) is 12.1. The molecular weight excluding hydrogens is 334 g/mol. The molecule has 0 saturated heterocycles. The Morgan fingerprint density at radius 3 is 2.82 bits per heavy atom. The molecule has 1 aromatic heterocycles. The summed E-state index contributed by atoms with van der Waals surface area (Å²) in [6.45, 7) is 6.37. The molecular formula is C15H19N3OS3. The Balaban J connectivity index is 2.06. The van der Waals surface area contributed by atoms with E-state index >= 15 is 0 Å². The lowest BCUT2D eigenvalue weighted by Crippen LogP contribution is -2.12. The normalized spacial score (nSPS) is 12.1. The van der Waals surface area contributed by atoms with E-state index in [0.717, 1.165) is 21.4 Å². The van der Waals surface area contributed by atoms with Crippen LogP contribution < -0.4 is 5.32 Å². The molecule has 0 radical (unpaired) electrons. The van der Waals surface area contributed by atoms with E-state index in [9.17, 15) is 4.79 Å². The number of rotatable bonds is 7. The molecule has 1 aromatic carbocycles. The van der Waals surface area contributed by atoms with Crippen LogP contribution in [0.5, 0.6) is 0 Å². The molecule has 1 amide bonds. The fourth-order valence-electron chi connectivity index (χ4n) is 1.66. The third-order valence-corrected chi connectivity index (χ3v) is 6.08. The number of benzene rings is 1. The predicted octanol–water partition coefficient (Wildman–Crippen LogP) is 4.79. The van der Waals surface area contributed by atoms with Gasteiger partial charge >= 0.3 is 0 Å². The third-order valence-electron chi connectivity index (χ3n) is 2.94. The molecule has 0 aliphatic rings. The number of nitrogens with one attached hydrogen (secondary N) is 1. The Hall–Kier alpha value is -1.05. The first-order chi connectivity index (χ1) is 10.6. The van der Waals surface area contributed by atoms with Gasteiger partial charge in [-0.1, -0.05) is 56.0 Å². The molecule has 0 bridgehead atoms. The molecule has 0 fully saturated rings. The van der Waals surface area contributed by atoms with Crippen molar-refractivity contribution in [2.45, 2.75) is 41.7 Å². The van der Waals surface area contributed by atoms with Crippen molar-refractivity contribution in [3.05, 3.63) is 29.8 Å². The molecule has 1 heterocycles. The summed E-state index contributed by atoms with van der Waals surface area (Å²) >= 11 is 4.77. The van der Waals surface area contributed by atoms with Crippen molar-refractivity contribution in [3.8, 4) is 0 Å². The highest BCUT2D eigenvalue weighted by atomic mass is 32.2. The van der Waals surface area contributed by atoms with E-state index in [1.165, 1.54) is 11.3 Å². The molecule has 22 heavy (non-hydrogen) atoms. The minimum absolute atomic E-state index is 0.132. The topological polar surface area (TPSA) is 54.9 Å². The zero-order valence-electron chi connectivity index (χ0n) is 12.8. The molecule has 2 rings (SSSR count). The summed E-state index contributed by atoms with van der Waals surface area (Å²) < 4.78 is 0.890. The molecule has 1 atom stereocenters. The molecule has 0 saturated carbocycles. The average molecular weight is 354 g/mol. The summed E-state index contributed by atoms with van der Waals surface area (Å²) in [7, 11) is 0. The van der Waals surface area contributed by atoms with Gasteiger partial charge in [0, 0.05) is 10.1 Å². The number of anilines is 1. The summed E-state index contributed by atoms with van der Waals surface area (Å²) in [4.78, 5) is 13.4. The van der Waals surface area contributed by atoms with Crippen molar-refractivity contribution in [2.75, 3.05) is 11.1 Å². The number of amides is 1. The summed E-state index contributed by atoms with van der Waals surface area (Å²) in [5.41, 5.74) is 0.681. The SMILES string of the molecule is CCSc1ccccc1C(=O)Nc1nnc(SC(C)CC)s1. The maximum atomic E-state index is 12.4. The molecule has 0 spiro atoms. The van der Waals surface area contributed by atoms with Crippen molar-refractivity contribution in [1.29, 1.82) is 0 Å². The largest absolute Gasteiger partial charge is 0.296 e. The maximum Gasteiger partial charge on any atom is 0.258 e. The van der Waals surface area contributed by atoms with Crippen molar-refractivity contribution >= 4 is 45.9 Å². The van der Waals surface area contributed by atoms with Gasteiger partial charge in [-0.15, -0.1) is 22.0 Å². The van der Waals surface area contributed by atoms with Crippen LogP contribution in [0.15, 0.2) is 33.5 Å². The summed E-state index contributed by atoms with van der Waals surface area (Å²) in [6.07, 6.45) is 1.08. The van der Waals surface area contributed by atoms with Crippen molar-refractivity contribution in [3.63, 3.8) is 0 Å². The highest BCUT2D eigenvalue weighted by Gasteiger charge is 2.14. The summed E-state index contributed by atoms with van der Waals surface area (Å²) in [5.74, 6) is 0.798. The monoisotopic (exact) mass is 353 g/mol. The Bertz CT molecular complexity index is 630. The molecule has 1 N–H and O–H groups in total. The predicted molar refractivity (Wildman–Crippen MR) is 96.3 cm³/mol. The maximum absolute atomic E-state index is 12.4. The number of carbonyl (C=O) groups is 1. The molecule has 1 unspecified atom stereocenters. The van der Waals surface area contributed by atoms with Gasteiger partial charge in [0.15, 0.2) is 4.34 Å². The molecule has 0 aliphatic heterocycles. The van der Waals surface area contributed by atoms with Crippen molar-refractivity contribution in [1.82, 2.24) is 10.2 Å². The van der Waals surface area contributed by atoms with Gasteiger partial charge in [-0.3, -0.25) is 10.1 Å². The molecule has 4 nitrogen and oxygen atoms in total. The van der Waals surface area contributed by atoms with Crippen LogP contribution in [-0.4, -0.2) is 27.1 Å².